The lowest BCUT2D eigenvalue weighted by Crippen LogP contribution is -2.64. The third kappa shape index (κ3) is 8.52. The van der Waals surface area contributed by atoms with Gasteiger partial charge >= 0.3 is 0 Å². The summed E-state index contributed by atoms with van der Waals surface area (Å²) in [4.78, 5) is 29.2. The number of rotatable bonds is 10. The molecule has 0 aromatic carbocycles. The van der Waals surface area contributed by atoms with Crippen molar-refractivity contribution in [2.75, 3.05) is 0 Å². The van der Waals surface area contributed by atoms with Crippen molar-refractivity contribution in [3.05, 3.63) is 0 Å². The third-order valence-electron chi connectivity index (χ3n) is 7.17. The van der Waals surface area contributed by atoms with Gasteiger partial charge in [-0.15, -0.1) is 0 Å². The third-order valence-corrected chi connectivity index (χ3v) is 7.17. The van der Waals surface area contributed by atoms with Crippen LogP contribution >= 0.6 is 0 Å². The number of nitrogens with zero attached hydrogens (tertiary/aromatic N) is 2. The SMILES string of the molecule is NC(N)(N)C1CC(CCCCCC2CC(N=C=O)CC(C(N)(N)N)C2)CC(N=C=O)C1. The van der Waals surface area contributed by atoms with E-state index in [1.54, 1.807) is 12.2 Å². The Morgan fingerprint density at radius 1 is 0.613 bits per heavy atom. The molecule has 2 rings (SSSR count). The van der Waals surface area contributed by atoms with Crippen LogP contribution in [-0.2, 0) is 9.59 Å². The zero-order chi connectivity index (χ0) is 23.1. The highest BCUT2D eigenvalue weighted by atomic mass is 16.1. The molecule has 31 heavy (non-hydrogen) atoms. The van der Waals surface area contributed by atoms with Crippen molar-refractivity contribution in [3.8, 4) is 0 Å². The molecular formula is C21H40N8O2. The fourth-order valence-corrected chi connectivity index (χ4v) is 5.50. The quantitative estimate of drug-likeness (QED) is 0.120. The first-order valence-corrected chi connectivity index (χ1v) is 11.4. The predicted molar refractivity (Wildman–Crippen MR) is 119 cm³/mol. The highest BCUT2D eigenvalue weighted by Gasteiger charge is 2.37. The maximum absolute atomic E-state index is 10.7. The normalized spacial score (nSPS) is 32.1. The topological polar surface area (TPSA) is 215 Å². The van der Waals surface area contributed by atoms with Gasteiger partial charge in [-0.05, 0) is 50.4 Å². The van der Waals surface area contributed by atoms with Gasteiger partial charge in [0.25, 0.3) is 0 Å². The van der Waals surface area contributed by atoms with E-state index in [0.717, 1.165) is 57.8 Å². The molecule has 10 heteroatoms. The Bertz CT molecular complexity index is 605. The standard InChI is InChI=1S/C21H40N8O2/c22-20(23,24)16-6-14(8-18(10-16)28-12-30)4-2-1-3-5-15-7-17(21(25,26)27)11-19(9-15)29-13-31/h14-19H,1-11,22-27H2. The predicted octanol–water partition coefficient (Wildman–Crippen LogP) is 0.238. The first-order chi connectivity index (χ1) is 14.5. The molecule has 2 aliphatic carbocycles. The van der Waals surface area contributed by atoms with E-state index < -0.39 is 11.6 Å². The zero-order valence-electron chi connectivity index (χ0n) is 18.4. The smallest absolute Gasteiger partial charge is 0.235 e. The van der Waals surface area contributed by atoms with Gasteiger partial charge in [-0.2, -0.15) is 0 Å². The monoisotopic (exact) mass is 436 g/mol. The molecule has 176 valence electrons. The molecule has 2 fully saturated rings. The van der Waals surface area contributed by atoms with Crippen molar-refractivity contribution >= 4 is 12.2 Å². The van der Waals surface area contributed by atoms with E-state index in [4.69, 9.17) is 34.4 Å². The summed E-state index contributed by atoms with van der Waals surface area (Å²) in [6.07, 6.45) is 13.3. The van der Waals surface area contributed by atoms with Gasteiger partial charge in [-0.1, -0.05) is 32.1 Å². The number of aliphatic imine (C=N–C) groups is 2. The molecule has 0 spiro atoms. The summed E-state index contributed by atoms with van der Waals surface area (Å²) in [5.41, 5.74) is 35.5. The van der Waals surface area contributed by atoms with Crippen molar-refractivity contribution in [2.45, 2.75) is 94.3 Å². The molecule has 0 radical (unpaired) electrons. The van der Waals surface area contributed by atoms with Crippen LogP contribution in [0.4, 0.5) is 0 Å². The molecule has 12 N–H and O–H groups in total. The number of nitrogens with two attached hydrogens (primary N) is 6. The zero-order valence-corrected chi connectivity index (χ0v) is 18.4. The second-order valence-electron chi connectivity index (χ2n) is 9.93. The minimum Gasteiger partial charge on any atom is -0.301 e. The molecule has 6 atom stereocenters. The molecule has 0 aliphatic heterocycles. The highest BCUT2D eigenvalue weighted by molar-refractivity contribution is 5.34. The number of unbranched alkanes of at least 4 members (excludes halogenated alkanes) is 2. The summed E-state index contributed by atoms with van der Waals surface area (Å²) in [7, 11) is 0. The Balaban J connectivity index is 1.78. The number of hydrogen-bond donors (Lipinski definition) is 6. The van der Waals surface area contributed by atoms with Crippen LogP contribution in [0, 0.1) is 23.7 Å². The van der Waals surface area contributed by atoms with E-state index in [-0.39, 0.29) is 23.9 Å². The van der Waals surface area contributed by atoms with E-state index in [9.17, 15) is 9.59 Å². The molecule has 0 saturated heterocycles. The summed E-state index contributed by atoms with van der Waals surface area (Å²) in [6, 6.07) is -0.204. The second-order valence-corrected chi connectivity index (χ2v) is 9.93. The Hall–Kier alpha value is -1.48. The van der Waals surface area contributed by atoms with Crippen LogP contribution < -0.4 is 34.4 Å². The fraction of sp³-hybridized carbons (Fsp3) is 0.905. The first-order valence-electron chi connectivity index (χ1n) is 11.4. The fourth-order valence-electron chi connectivity index (χ4n) is 5.50. The molecular weight excluding hydrogens is 396 g/mol. The average molecular weight is 437 g/mol. The number of carbonyl (C=O) groups excluding carboxylic acids is 2. The maximum Gasteiger partial charge on any atom is 0.235 e. The van der Waals surface area contributed by atoms with Gasteiger partial charge in [0.15, 0.2) is 0 Å². The molecule has 0 aromatic heterocycles. The Labute approximate surface area is 184 Å². The molecule has 2 aliphatic rings. The van der Waals surface area contributed by atoms with E-state index in [1.165, 1.54) is 0 Å². The lowest BCUT2D eigenvalue weighted by molar-refractivity contribution is 0.145. The van der Waals surface area contributed by atoms with Gasteiger partial charge in [-0.25, -0.2) is 19.6 Å². The lowest BCUT2D eigenvalue weighted by Gasteiger charge is -2.39. The van der Waals surface area contributed by atoms with Crippen molar-refractivity contribution in [1.29, 1.82) is 0 Å². The molecule has 6 unspecified atom stereocenters. The summed E-state index contributed by atoms with van der Waals surface area (Å²) in [6.45, 7) is 0. The molecule has 0 aromatic rings. The van der Waals surface area contributed by atoms with Gasteiger partial charge in [0.2, 0.25) is 12.2 Å². The van der Waals surface area contributed by atoms with Crippen LogP contribution in [0.5, 0.6) is 0 Å². The van der Waals surface area contributed by atoms with Crippen molar-refractivity contribution in [3.63, 3.8) is 0 Å². The van der Waals surface area contributed by atoms with Crippen LogP contribution in [0.2, 0.25) is 0 Å². The summed E-state index contributed by atoms with van der Waals surface area (Å²) < 4.78 is 0. The largest absolute Gasteiger partial charge is 0.301 e. The van der Waals surface area contributed by atoms with Crippen molar-refractivity contribution in [1.82, 2.24) is 0 Å². The molecule has 0 heterocycles. The van der Waals surface area contributed by atoms with E-state index >= 15 is 0 Å². The van der Waals surface area contributed by atoms with Gasteiger partial charge in [-0.3, -0.25) is 0 Å². The van der Waals surface area contributed by atoms with Crippen molar-refractivity contribution < 1.29 is 9.59 Å². The number of hydrogen-bond acceptors (Lipinski definition) is 10. The highest BCUT2D eigenvalue weighted by Crippen LogP contribution is 2.38. The van der Waals surface area contributed by atoms with Crippen LogP contribution in [0.25, 0.3) is 0 Å². The first kappa shape index (κ1) is 25.8. The minimum atomic E-state index is -1.25. The van der Waals surface area contributed by atoms with Crippen LogP contribution in [0.1, 0.15) is 70.6 Å². The molecule has 0 amide bonds. The van der Waals surface area contributed by atoms with Crippen LogP contribution in [0.15, 0.2) is 9.98 Å². The van der Waals surface area contributed by atoms with Crippen molar-refractivity contribution in [2.24, 2.45) is 68.1 Å². The summed E-state index contributed by atoms with van der Waals surface area (Å²) in [5.74, 6) is -1.84. The van der Waals surface area contributed by atoms with Crippen LogP contribution in [-0.4, -0.2) is 35.8 Å². The maximum atomic E-state index is 10.7. The number of isocyanates is 2. The molecule has 2 saturated carbocycles. The summed E-state index contributed by atoms with van der Waals surface area (Å²) >= 11 is 0. The minimum absolute atomic E-state index is 0.0631. The lowest BCUT2D eigenvalue weighted by atomic mass is 9.73. The van der Waals surface area contributed by atoms with E-state index in [0.29, 0.717) is 24.7 Å². The Morgan fingerprint density at radius 3 is 1.32 bits per heavy atom. The van der Waals surface area contributed by atoms with Gasteiger partial charge in [0.05, 0.1) is 12.1 Å². The van der Waals surface area contributed by atoms with Gasteiger partial charge in [0, 0.05) is 11.8 Å². The van der Waals surface area contributed by atoms with Gasteiger partial charge in [0.1, 0.15) is 11.6 Å². The Kier molecular flexibility index (Phi) is 9.48. The second kappa shape index (κ2) is 11.4. The van der Waals surface area contributed by atoms with Gasteiger partial charge < -0.3 is 34.4 Å². The molecule has 10 nitrogen and oxygen atoms in total. The summed E-state index contributed by atoms with van der Waals surface area (Å²) in [5, 5.41) is 0. The van der Waals surface area contributed by atoms with Crippen LogP contribution in [0.3, 0.4) is 0 Å². The molecule has 0 bridgehead atoms. The Morgan fingerprint density at radius 2 is 1.00 bits per heavy atom. The van der Waals surface area contributed by atoms with E-state index in [2.05, 4.69) is 9.98 Å². The average Bonchev–Trinajstić information content (AvgIpc) is 2.66. The van der Waals surface area contributed by atoms with E-state index in [1.807, 2.05) is 0 Å².